The summed E-state index contributed by atoms with van der Waals surface area (Å²) in [7, 11) is 0. The second kappa shape index (κ2) is 6.21. The quantitative estimate of drug-likeness (QED) is 0.661. The lowest BCUT2D eigenvalue weighted by Gasteiger charge is -2.08. The van der Waals surface area contributed by atoms with Gasteiger partial charge in [-0.1, -0.05) is 24.3 Å². The molecule has 0 unspecified atom stereocenters. The van der Waals surface area contributed by atoms with Crippen LogP contribution in [0.15, 0.2) is 42.5 Å². The average Bonchev–Trinajstić information content (AvgIpc) is 2.45. The molecule has 0 saturated heterocycles. The first-order chi connectivity index (χ1) is 9.60. The fourth-order valence-electron chi connectivity index (χ4n) is 1.88. The first-order valence-corrected chi connectivity index (χ1v) is 6.32. The Morgan fingerprint density at radius 3 is 2.40 bits per heavy atom. The summed E-state index contributed by atoms with van der Waals surface area (Å²) in [4.78, 5) is 12.0. The Balaban J connectivity index is 2.00. The van der Waals surface area contributed by atoms with E-state index in [0.29, 0.717) is 11.3 Å². The molecule has 20 heavy (non-hydrogen) atoms. The van der Waals surface area contributed by atoms with Crippen molar-refractivity contribution in [3.63, 3.8) is 0 Å². The number of esters is 1. The molecule has 2 aromatic rings. The number of hydrogen-bond acceptors (Lipinski definition) is 4. The van der Waals surface area contributed by atoms with Crippen molar-refractivity contribution in [3.8, 4) is 0 Å². The molecule has 0 fully saturated rings. The van der Waals surface area contributed by atoms with Gasteiger partial charge < -0.3 is 15.6 Å². The molecule has 0 aliphatic heterocycles. The summed E-state index contributed by atoms with van der Waals surface area (Å²) < 4.78 is 5.27. The highest BCUT2D eigenvalue weighted by Crippen LogP contribution is 2.14. The molecule has 0 aliphatic rings. The molecule has 4 heteroatoms. The Labute approximate surface area is 117 Å². The predicted octanol–water partition coefficient (Wildman–Crippen LogP) is 2.43. The Morgan fingerprint density at radius 2 is 1.80 bits per heavy atom. The molecule has 4 nitrogen and oxygen atoms in total. The minimum atomic E-state index is -0.367. The normalized spacial score (nSPS) is 10.3. The van der Waals surface area contributed by atoms with Gasteiger partial charge in [0.15, 0.2) is 0 Å². The predicted molar refractivity (Wildman–Crippen MR) is 77.1 cm³/mol. The summed E-state index contributed by atoms with van der Waals surface area (Å²) in [5.41, 5.74) is 9.29. The van der Waals surface area contributed by atoms with E-state index in [9.17, 15) is 4.79 Å². The van der Waals surface area contributed by atoms with Crippen LogP contribution in [0.1, 0.15) is 27.0 Å². The first kappa shape index (κ1) is 14.1. The van der Waals surface area contributed by atoms with Crippen molar-refractivity contribution in [2.75, 3.05) is 5.73 Å². The van der Waals surface area contributed by atoms with Gasteiger partial charge in [-0.25, -0.2) is 4.79 Å². The number of anilines is 1. The highest BCUT2D eigenvalue weighted by molar-refractivity contribution is 5.91. The van der Waals surface area contributed by atoms with Crippen LogP contribution >= 0.6 is 0 Å². The van der Waals surface area contributed by atoms with E-state index < -0.39 is 0 Å². The van der Waals surface area contributed by atoms with Crippen molar-refractivity contribution < 1.29 is 14.6 Å². The van der Waals surface area contributed by atoms with Crippen LogP contribution in [0.2, 0.25) is 0 Å². The number of aliphatic hydroxyl groups is 1. The van der Waals surface area contributed by atoms with Gasteiger partial charge in [-0.2, -0.15) is 0 Å². The summed E-state index contributed by atoms with van der Waals surface area (Å²) in [5, 5.41) is 8.95. The van der Waals surface area contributed by atoms with Gasteiger partial charge in [0.2, 0.25) is 0 Å². The van der Waals surface area contributed by atoms with Crippen LogP contribution in [-0.4, -0.2) is 11.1 Å². The third-order valence-electron chi connectivity index (χ3n) is 3.05. The van der Waals surface area contributed by atoms with Crippen LogP contribution in [0, 0.1) is 6.92 Å². The minimum Gasteiger partial charge on any atom is -0.457 e. The molecule has 0 saturated carbocycles. The van der Waals surface area contributed by atoms with Gasteiger partial charge in [-0.05, 0) is 41.8 Å². The zero-order valence-corrected chi connectivity index (χ0v) is 11.3. The van der Waals surface area contributed by atoms with E-state index in [4.69, 9.17) is 15.6 Å². The number of ether oxygens (including phenoxy) is 1. The van der Waals surface area contributed by atoms with Crippen molar-refractivity contribution in [1.82, 2.24) is 0 Å². The summed E-state index contributed by atoms with van der Waals surface area (Å²) in [6, 6.07) is 12.4. The highest BCUT2D eigenvalue weighted by Gasteiger charge is 2.10. The summed E-state index contributed by atoms with van der Waals surface area (Å²) >= 11 is 0. The van der Waals surface area contributed by atoms with Crippen molar-refractivity contribution in [2.45, 2.75) is 20.1 Å². The van der Waals surface area contributed by atoms with E-state index in [1.54, 1.807) is 30.3 Å². The number of aryl methyl sites for hydroxylation is 1. The molecule has 0 heterocycles. The lowest BCUT2D eigenvalue weighted by molar-refractivity contribution is 0.0472. The van der Waals surface area contributed by atoms with Gasteiger partial charge in [0.05, 0.1) is 12.2 Å². The van der Waals surface area contributed by atoms with Gasteiger partial charge in [-0.3, -0.25) is 0 Å². The Morgan fingerprint density at radius 1 is 1.15 bits per heavy atom. The first-order valence-electron chi connectivity index (χ1n) is 6.32. The van der Waals surface area contributed by atoms with Crippen LogP contribution in [-0.2, 0) is 18.0 Å². The van der Waals surface area contributed by atoms with Gasteiger partial charge in [0.25, 0.3) is 0 Å². The lowest BCUT2D eigenvalue weighted by Crippen LogP contribution is -2.07. The SMILES string of the molecule is Cc1cc(N)ccc1C(=O)OCc1ccc(CO)cc1. The molecule has 3 N–H and O–H groups in total. The highest BCUT2D eigenvalue weighted by atomic mass is 16.5. The van der Waals surface area contributed by atoms with E-state index in [0.717, 1.165) is 16.7 Å². The Bertz CT molecular complexity index is 606. The van der Waals surface area contributed by atoms with E-state index in [-0.39, 0.29) is 19.2 Å². The van der Waals surface area contributed by atoms with Crippen molar-refractivity contribution in [2.24, 2.45) is 0 Å². The van der Waals surface area contributed by atoms with E-state index in [2.05, 4.69) is 0 Å². The second-order valence-corrected chi connectivity index (χ2v) is 4.63. The Kier molecular flexibility index (Phi) is 4.38. The zero-order valence-electron chi connectivity index (χ0n) is 11.3. The topological polar surface area (TPSA) is 72.6 Å². The third kappa shape index (κ3) is 3.36. The van der Waals surface area contributed by atoms with Crippen molar-refractivity contribution in [1.29, 1.82) is 0 Å². The fraction of sp³-hybridized carbons (Fsp3) is 0.188. The van der Waals surface area contributed by atoms with Crippen molar-refractivity contribution in [3.05, 3.63) is 64.7 Å². The molecule has 0 aliphatic carbocycles. The van der Waals surface area contributed by atoms with Crippen LogP contribution in [0.5, 0.6) is 0 Å². The smallest absolute Gasteiger partial charge is 0.338 e. The van der Waals surface area contributed by atoms with Gasteiger partial charge in [0.1, 0.15) is 6.61 Å². The van der Waals surface area contributed by atoms with Crippen molar-refractivity contribution >= 4 is 11.7 Å². The third-order valence-corrected chi connectivity index (χ3v) is 3.05. The van der Waals surface area contributed by atoms with Crippen LogP contribution in [0.25, 0.3) is 0 Å². The maximum atomic E-state index is 12.0. The summed E-state index contributed by atoms with van der Waals surface area (Å²) in [6.45, 7) is 2.03. The van der Waals surface area contributed by atoms with Gasteiger partial charge >= 0.3 is 5.97 Å². The second-order valence-electron chi connectivity index (χ2n) is 4.63. The van der Waals surface area contributed by atoms with Crippen LogP contribution in [0.4, 0.5) is 5.69 Å². The summed E-state index contributed by atoms with van der Waals surface area (Å²) in [5.74, 6) is -0.367. The Hall–Kier alpha value is -2.33. The number of hydrogen-bond donors (Lipinski definition) is 2. The molecule has 0 aromatic heterocycles. The van der Waals surface area contributed by atoms with E-state index >= 15 is 0 Å². The van der Waals surface area contributed by atoms with Gasteiger partial charge in [-0.15, -0.1) is 0 Å². The van der Waals surface area contributed by atoms with E-state index in [1.807, 2.05) is 19.1 Å². The number of rotatable bonds is 4. The number of aliphatic hydroxyl groups excluding tert-OH is 1. The number of carbonyl (C=O) groups is 1. The fourth-order valence-corrected chi connectivity index (χ4v) is 1.88. The lowest BCUT2D eigenvalue weighted by atomic mass is 10.1. The maximum Gasteiger partial charge on any atom is 0.338 e. The van der Waals surface area contributed by atoms with Crippen LogP contribution < -0.4 is 5.73 Å². The van der Waals surface area contributed by atoms with Crippen LogP contribution in [0.3, 0.4) is 0 Å². The number of nitrogen functional groups attached to an aromatic ring is 1. The molecule has 0 spiro atoms. The molecular weight excluding hydrogens is 254 g/mol. The number of carbonyl (C=O) groups excluding carboxylic acids is 1. The largest absolute Gasteiger partial charge is 0.457 e. The molecule has 104 valence electrons. The zero-order chi connectivity index (χ0) is 14.5. The van der Waals surface area contributed by atoms with E-state index in [1.165, 1.54) is 0 Å². The molecule has 2 rings (SSSR count). The number of nitrogens with two attached hydrogens (primary N) is 1. The molecule has 0 radical (unpaired) electrons. The number of benzene rings is 2. The molecule has 0 atom stereocenters. The molecule has 0 amide bonds. The summed E-state index contributed by atoms with van der Waals surface area (Å²) in [6.07, 6.45) is 0. The minimum absolute atomic E-state index is 0.00466. The standard InChI is InChI=1S/C16H17NO3/c1-11-8-14(17)6-7-15(11)16(19)20-10-13-4-2-12(9-18)3-5-13/h2-8,18H,9-10,17H2,1H3. The average molecular weight is 271 g/mol. The van der Waals surface area contributed by atoms with Gasteiger partial charge in [0, 0.05) is 5.69 Å². The molecule has 2 aromatic carbocycles. The monoisotopic (exact) mass is 271 g/mol. The molecule has 0 bridgehead atoms. The maximum absolute atomic E-state index is 12.0. The molecular formula is C16H17NO3.